The summed E-state index contributed by atoms with van der Waals surface area (Å²) < 4.78 is 7.65. The topological polar surface area (TPSA) is 54.8 Å². The van der Waals surface area contributed by atoms with E-state index in [4.69, 9.17) is 4.74 Å². The third-order valence-corrected chi connectivity index (χ3v) is 5.20. The summed E-state index contributed by atoms with van der Waals surface area (Å²) in [6.45, 7) is 9.33. The molecule has 1 aromatic heterocycles. The van der Waals surface area contributed by atoms with Crippen molar-refractivity contribution in [1.29, 1.82) is 0 Å². The van der Waals surface area contributed by atoms with Crippen LogP contribution in [-0.4, -0.2) is 51.9 Å². The van der Waals surface area contributed by atoms with Gasteiger partial charge in [-0.1, -0.05) is 39.0 Å². The van der Waals surface area contributed by atoms with Crippen molar-refractivity contribution in [2.75, 3.05) is 19.7 Å². The van der Waals surface area contributed by atoms with Crippen molar-refractivity contribution < 1.29 is 14.3 Å². The normalized spacial score (nSPS) is 11.9. The third-order valence-electron chi connectivity index (χ3n) is 5.20. The summed E-state index contributed by atoms with van der Waals surface area (Å²) in [4.78, 5) is 29.6. The van der Waals surface area contributed by atoms with Gasteiger partial charge < -0.3 is 19.1 Å². The molecule has 0 radical (unpaired) electrons. The molecule has 0 saturated heterocycles. The lowest BCUT2D eigenvalue weighted by atomic mass is 10.2. The number of nitrogens with zero attached hydrogens (tertiary/aromatic N) is 3. The Morgan fingerprint density at radius 3 is 2.30 bits per heavy atom. The van der Waals surface area contributed by atoms with Crippen LogP contribution in [0.25, 0.3) is 0 Å². The van der Waals surface area contributed by atoms with Crippen LogP contribution >= 0.6 is 0 Å². The van der Waals surface area contributed by atoms with Crippen LogP contribution in [0.4, 0.5) is 0 Å². The summed E-state index contributed by atoms with van der Waals surface area (Å²) in [5.41, 5.74) is 1.07. The van der Waals surface area contributed by atoms with E-state index in [-0.39, 0.29) is 31.0 Å². The molecule has 1 heterocycles. The summed E-state index contributed by atoms with van der Waals surface area (Å²) >= 11 is 0. The number of benzene rings is 1. The number of ether oxygens (including phenoxy) is 1. The van der Waals surface area contributed by atoms with Crippen molar-refractivity contribution >= 4 is 11.8 Å². The molecule has 1 aromatic carbocycles. The summed E-state index contributed by atoms with van der Waals surface area (Å²) in [7, 11) is 1.98. The molecule has 2 aromatic rings. The van der Waals surface area contributed by atoms with Crippen molar-refractivity contribution in [1.82, 2.24) is 14.4 Å². The van der Waals surface area contributed by atoms with Crippen LogP contribution in [0.5, 0.6) is 5.75 Å². The molecule has 0 N–H and O–H groups in total. The first-order valence-corrected chi connectivity index (χ1v) is 10.7. The maximum Gasteiger partial charge on any atom is 0.261 e. The van der Waals surface area contributed by atoms with E-state index in [0.717, 1.165) is 12.1 Å². The first-order chi connectivity index (χ1) is 14.3. The minimum absolute atomic E-state index is 0.0433. The van der Waals surface area contributed by atoms with Crippen LogP contribution < -0.4 is 4.74 Å². The molecule has 0 aliphatic rings. The Morgan fingerprint density at radius 1 is 1.03 bits per heavy atom. The van der Waals surface area contributed by atoms with Gasteiger partial charge in [0.2, 0.25) is 5.91 Å². The van der Waals surface area contributed by atoms with Gasteiger partial charge in [0.05, 0.1) is 6.54 Å². The number of aromatic nitrogens is 1. The molecule has 0 bridgehead atoms. The lowest BCUT2D eigenvalue weighted by Crippen LogP contribution is -2.48. The smallest absolute Gasteiger partial charge is 0.261 e. The summed E-state index contributed by atoms with van der Waals surface area (Å²) in [5, 5.41) is 0. The Labute approximate surface area is 180 Å². The second kappa shape index (κ2) is 11.4. The first-order valence-electron chi connectivity index (χ1n) is 10.7. The fourth-order valence-electron chi connectivity index (χ4n) is 3.25. The first kappa shape index (κ1) is 23.5. The SMILES string of the molecule is CCC(C)N(CC(=O)N(Cc1cccn1C)CC(C)C)C(=O)COc1ccccc1. The Morgan fingerprint density at radius 2 is 1.73 bits per heavy atom. The fourth-order valence-corrected chi connectivity index (χ4v) is 3.25. The minimum atomic E-state index is -0.176. The lowest BCUT2D eigenvalue weighted by Gasteiger charge is -2.32. The standard InChI is InChI=1S/C24H35N3O3/c1-6-20(4)27(24(29)18-30-22-12-8-7-9-13-22)17-23(28)26(15-19(2)3)16-21-11-10-14-25(21)5/h7-14,19-20H,6,15-18H2,1-5H3. The molecule has 6 heteroatoms. The van der Waals surface area contributed by atoms with Crippen LogP contribution in [0.1, 0.15) is 39.8 Å². The Balaban J connectivity index is 2.08. The molecule has 1 atom stereocenters. The van der Waals surface area contributed by atoms with Crippen LogP contribution in [-0.2, 0) is 23.2 Å². The molecule has 0 saturated carbocycles. The van der Waals surface area contributed by atoms with Gasteiger partial charge in [-0.2, -0.15) is 0 Å². The molecule has 6 nitrogen and oxygen atoms in total. The van der Waals surface area contributed by atoms with Crippen molar-refractivity contribution in [2.45, 2.75) is 46.7 Å². The van der Waals surface area contributed by atoms with E-state index in [1.165, 1.54) is 0 Å². The minimum Gasteiger partial charge on any atom is -0.484 e. The lowest BCUT2D eigenvalue weighted by molar-refractivity contribution is -0.144. The van der Waals surface area contributed by atoms with Gasteiger partial charge in [-0.05, 0) is 43.5 Å². The van der Waals surface area contributed by atoms with E-state index >= 15 is 0 Å². The zero-order chi connectivity index (χ0) is 22.1. The van der Waals surface area contributed by atoms with Gasteiger partial charge >= 0.3 is 0 Å². The average molecular weight is 414 g/mol. The predicted octanol–water partition coefficient (Wildman–Crippen LogP) is 3.72. The monoisotopic (exact) mass is 413 g/mol. The second-order valence-corrected chi connectivity index (χ2v) is 8.16. The fraction of sp³-hybridized carbons (Fsp3) is 0.500. The number of hydrogen-bond donors (Lipinski definition) is 0. The highest BCUT2D eigenvalue weighted by Crippen LogP contribution is 2.13. The van der Waals surface area contributed by atoms with E-state index in [0.29, 0.717) is 24.8 Å². The van der Waals surface area contributed by atoms with Gasteiger partial charge in [-0.15, -0.1) is 0 Å². The number of para-hydroxylation sites is 1. The van der Waals surface area contributed by atoms with Crippen molar-refractivity contribution in [3.63, 3.8) is 0 Å². The zero-order valence-electron chi connectivity index (χ0n) is 18.9. The molecule has 164 valence electrons. The van der Waals surface area contributed by atoms with Gasteiger partial charge in [0, 0.05) is 31.5 Å². The van der Waals surface area contributed by atoms with E-state index in [1.54, 1.807) is 4.90 Å². The second-order valence-electron chi connectivity index (χ2n) is 8.16. The van der Waals surface area contributed by atoms with Crippen LogP contribution in [0, 0.1) is 5.92 Å². The average Bonchev–Trinajstić information content (AvgIpc) is 3.13. The quantitative estimate of drug-likeness (QED) is 0.564. The Hall–Kier alpha value is -2.76. The molecule has 1 unspecified atom stereocenters. The van der Waals surface area contributed by atoms with Crippen molar-refractivity contribution in [3.8, 4) is 5.75 Å². The number of rotatable bonds is 11. The van der Waals surface area contributed by atoms with E-state index in [2.05, 4.69) is 13.8 Å². The van der Waals surface area contributed by atoms with E-state index in [9.17, 15) is 9.59 Å². The summed E-state index contributed by atoms with van der Waals surface area (Å²) in [6, 6.07) is 13.2. The molecule has 2 rings (SSSR count). The van der Waals surface area contributed by atoms with E-state index < -0.39 is 0 Å². The maximum absolute atomic E-state index is 13.2. The zero-order valence-corrected chi connectivity index (χ0v) is 18.9. The number of carbonyl (C=O) groups is 2. The Kier molecular flexibility index (Phi) is 8.96. The number of amides is 2. The molecule has 0 fully saturated rings. The third kappa shape index (κ3) is 6.94. The highest BCUT2D eigenvalue weighted by atomic mass is 16.5. The summed E-state index contributed by atoms with van der Waals surface area (Å²) in [5.74, 6) is 0.762. The maximum atomic E-state index is 13.2. The highest BCUT2D eigenvalue weighted by molar-refractivity contribution is 5.85. The molecule has 2 amide bonds. The predicted molar refractivity (Wildman–Crippen MR) is 119 cm³/mol. The van der Waals surface area contributed by atoms with Crippen molar-refractivity contribution in [2.24, 2.45) is 13.0 Å². The van der Waals surface area contributed by atoms with Gasteiger partial charge in [0.15, 0.2) is 6.61 Å². The molecule has 30 heavy (non-hydrogen) atoms. The van der Waals surface area contributed by atoms with Gasteiger partial charge in [-0.25, -0.2) is 0 Å². The van der Waals surface area contributed by atoms with Crippen molar-refractivity contribution in [3.05, 3.63) is 54.4 Å². The largest absolute Gasteiger partial charge is 0.484 e. The number of carbonyl (C=O) groups excluding carboxylic acids is 2. The Bertz CT molecular complexity index is 801. The van der Waals surface area contributed by atoms with Gasteiger partial charge in [0.25, 0.3) is 5.91 Å². The van der Waals surface area contributed by atoms with Crippen LogP contribution in [0.2, 0.25) is 0 Å². The van der Waals surface area contributed by atoms with Crippen LogP contribution in [0.3, 0.4) is 0 Å². The molecular formula is C24H35N3O3. The van der Waals surface area contributed by atoms with Crippen LogP contribution in [0.15, 0.2) is 48.7 Å². The number of hydrogen-bond acceptors (Lipinski definition) is 3. The molecule has 0 spiro atoms. The molecular weight excluding hydrogens is 378 g/mol. The van der Waals surface area contributed by atoms with Gasteiger partial charge in [0.1, 0.15) is 12.3 Å². The van der Waals surface area contributed by atoms with Gasteiger partial charge in [-0.3, -0.25) is 9.59 Å². The highest BCUT2D eigenvalue weighted by Gasteiger charge is 2.26. The molecule has 0 aliphatic heterocycles. The molecule has 0 aliphatic carbocycles. The number of aryl methyl sites for hydroxylation is 1. The summed E-state index contributed by atoms with van der Waals surface area (Å²) in [6.07, 6.45) is 2.75. The van der Waals surface area contributed by atoms with E-state index in [1.807, 2.05) is 79.0 Å².